The van der Waals surface area contributed by atoms with Crippen molar-refractivity contribution in [3.63, 3.8) is 0 Å². The molecule has 0 atom stereocenters. The molecule has 88 valence electrons. The topological polar surface area (TPSA) is 0 Å². The predicted octanol–water partition coefficient (Wildman–Crippen LogP) is 5.42. The van der Waals surface area contributed by atoms with Gasteiger partial charge in [0.1, 0.15) is 0 Å². The Morgan fingerprint density at radius 1 is 0.833 bits per heavy atom. The number of hydrogen-bond acceptors (Lipinski definition) is 0. The second-order valence-electron chi connectivity index (χ2n) is 4.54. The van der Waals surface area contributed by atoms with Crippen LogP contribution < -0.4 is 0 Å². The number of fused-ring (bicyclic) bond motifs is 1. The summed E-state index contributed by atoms with van der Waals surface area (Å²) in [5, 5.41) is 2.62. The third-order valence-electron chi connectivity index (χ3n) is 3.14. The molecular weight excluding hydrogens is 331 g/mol. The van der Waals surface area contributed by atoms with E-state index in [1.165, 1.54) is 31.0 Å². The summed E-state index contributed by atoms with van der Waals surface area (Å²) in [7, 11) is 0. The Kier molecular flexibility index (Phi) is 3.08. The Labute approximate surface area is 121 Å². The molecule has 0 saturated heterocycles. The van der Waals surface area contributed by atoms with E-state index < -0.39 is 0 Å². The molecule has 0 N–H and O–H groups in total. The van der Waals surface area contributed by atoms with Crippen LogP contribution in [0.25, 0.3) is 21.9 Å². The summed E-state index contributed by atoms with van der Waals surface area (Å²) < 4.78 is 1.29. The molecule has 0 aliphatic carbocycles. The first kappa shape index (κ1) is 11.7. The van der Waals surface area contributed by atoms with Crippen LogP contribution in [0.15, 0.2) is 60.7 Å². The summed E-state index contributed by atoms with van der Waals surface area (Å²) in [6.07, 6.45) is 0. The van der Waals surface area contributed by atoms with Gasteiger partial charge in [-0.15, -0.1) is 0 Å². The molecule has 1 heteroatoms. The Morgan fingerprint density at radius 2 is 1.61 bits per heavy atom. The fourth-order valence-corrected chi connectivity index (χ4v) is 3.20. The van der Waals surface area contributed by atoms with Gasteiger partial charge in [0.15, 0.2) is 0 Å². The molecule has 3 rings (SSSR count). The third kappa shape index (κ3) is 2.15. The van der Waals surface area contributed by atoms with Crippen LogP contribution in [-0.2, 0) is 0 Å². The molecule has 0 spiro atoms. The van der Waals surface area contributed by atoms with Crippen LogP contribution in [0.1, 0.15) is 5.56 Å². The lowest BCUT2D eigenvalue weighted by atomic mass is 9.97. The zero-order valence-electron chi connectivity index (χ0n) is 10.2. The highest BCUT2D eigenvalue weighted by Gasteiger charge is 2.04. The molecule has 0 bridgehead atoms. The van der Waals surface area contributed by atoms with Gasteiger partial charge < -0.3 is 0 Å². The molecule has 0 saturated carbocycles. The van der Waals surface area contributed by atoms with Crippen molar-refractivity contribution < 1.29 is 0 Å². The minimum absolute atomic E-state index is 1.29. The first-order valence-electron chi connectivity index (χ1n) is 5.99. The zero-order chi connectivity index (χ0) is 12.5. The maximum absolute atomic E-state index is 2.38. The Bertz CT molecular complexity index is 688. The van der Waals surface area contributed by atoms with E-state index in [1.807, 2.05) is 0 Å². The van der Waals surface area contributed by atoms with Crippen LogP contribution >= 0.6 is 22.6 Å². The quantitative estimate of drug-likeness (QED) is 0.517. The molecule has 0 nitrogen and oxygen atoms in total. The van der Waals surface area contributed by atoms with Crippen molar-refractivity contribution in [2.45, 2.75) is 6.92 Å². The highest BCUT2D eigenvalue weighted by Crippen LogP contribution is 2.30. The molecule has 3 aromatic rings. The van der Waals surface area contributed by atoms with Crippen molar-refractivity contribution in [3.05, 3.63) is 69.8 Å². The molecule has 0 fully saturated rings. The van der Waals surface area contributed by atoms with E-state index in [0.29, 0.717) is 0 Å². The SMILES string of the molecule is Cc1cc(I)cc(-c2cccc3ccccc23)c1. The van der Waals surface area contributed by atoms with Gasteiger partial charge in [0.25, 0.3) is 0 Å². The van der Waals surface area contributed by atoms with Gasteiger partial charge in [-0.1, -0.05) is 48.5 Å². The largest absolute Gasteiger partial charge is 0.0616 e. The second-order valence-corrected chi connectivity index (χ2v) is 5.79. The van der Waals surface area contributed by atoms with E-state index in [9.17, 15) is 0 Å². The summed E-state index contributed by atoms with van der Waals surface area (Å²) in [6, 6.07) is 21.8. The second kappa shape index (κ2) is 4.73. The van der Waals surface area contributed by atoms with Gasteiger partial charge >= 0.3 is 0 Å². The predicted molar refractivity (Wildman–Crippen MR) is 86.8 cm³/mol. The van der Waals surface area contributed by atoms with Gasteiger partial charge in [0, 0.05) is 3.57 Å². The van der Waals surface area contributed by atoms with Gasteiger partial charge in [0.2, 0.25) is 0 Å². The molecule has 0 aliphatic heterocycles. The molecule has 0 amide bonds. The lowest BCUT2D eigenvalue weighted by Crippen LogP contribution is -1.84. The van der Waals surface area contributed by atoms with E-state index in [-0.39, 0.29) is 0 Å². The van der Waals surface area contributed by atoms with Gasteiger partial charge in [-0.05, 0) is 69.1 Å². The standard InChI is InChI=1S/C17H13I/c1-12-9-14(11-15(18)10-12)17-8-4-6-13-5-2-3-7-16(13)17/h2-11H,1H3. The fraction of sp³-hybridized carbons (Fsp3) is 0.0588. The summed E-state index contributed by atoms with van der Waals surface area (Å²) in [5.74, 6) is 0. The van der Waals surface area contributed by atoms with Crippen molar-refractivity contribution in [2.75, 3.05) is 0 Å². The summed E-state index contributed by atoms with van der Waals surface area (Å²) >= 11 is 2.38. The van der Waals surface area contributed by atoms with Crippen LogP contribution in [0.5, 0.6) is 0 Å². The summed E-state index contributed by atoms with van der Waals surface area (Å²) in [6.45, 7) is 2.15. The average Bonchev–Trinajstić information content (AvgIpc) is 2.37. The summed E-state index contributed by atoms with van der Waals surface area (Å²) in [4.78, 5) is 0. The minimum Gasteiger partial charge on any atom is -0.0616 e. The molecule has 0 heterocycles. The fourth-order valence-electron chi connectivity index (χ4n) is 2.37. The van der Waals surface area contributed by atoms with E-state index in [0.717, 1.165) is 0 Å². The number of aryl methyl sites for hydroxylation is 1. The Balaban J connectivity index is 2.31. The van der Waals surface area contributed by atoms with Crippen LogP contribution in [0.2, 0.25) is 0 Å². The van der Waals surface area contributed by atoms with E-state index in [2.05, 4.69) is 90.2 Å². The Hall–Kier alpha value is -1.35. The number of hydrogen-bond donors (Lipinski definition) is 0. The third-order valence-corrected chi connectivity index (χ3v) is 3.77. The van der Waals surface area contributed by atoms with Crippen molar-refractivity contribution in [1.82, 2.24) is 0 Å². The maximum Gasteiger partial charge on any atom is 0.0139 e. The van der Waals surface area contributed by atoms with Gasteiger partial charge in [-0.2, -0.15) is 0 Å². The van der Waals surface area contributed by atoms with Crippen molar-refractivity contribution in [3.8, 4) is 11.1 Å². The van der Waals surface area contributed by atoms with E-state index >= 15 is 0 Å². The smallest absolute Gasteiger partial charge is 0.0139 e. The first-order valence-corrected chi connectivity index (χ1v) is 7.07. The molecular formula is C17H13I. The van der Waals surface area contributed by atoms with Crippen LogP contribution in [0.3, 0.4) is 0 Å². The zero-order valence-corrected chi connectivity index (χ0v) is 12.3. The minimum atomic E-state index is 1.29. The Morgan fingerprint density at radius 3 is 2.44 bits per heavy atom. The van der Waals surface area contributed by atoms with Gasteiger partial charge in [-0.25, -0.2) is 0 Å². The van der Waals surface area contributed by atoms with Crippen molar-refractivity contribution >= 4 is 33.4 Å². The van der Waals surface area contributed by atoms with Crippen LogP contribution in [0, 0.1) is 10.5 Å². The highest BCUT2D eigenvalue weighted by atomic mass is 127. The van der Waals surface area contributed by atoms with Crippen LogP contribution in [-0.4, -0.2) is 0 Å². The van der Waals surface area contributed by atoms with Crippen molar-refractivity contribution in [1.29, 1.82) is 0 Å². The monoisotopic (exact) mass is 344 g/mol. The summed E-state index contributed by atoms with van der Waals surface area (Å²) in [5.41, 5.74) is 3.93. The van der Waals surface area contributed by atoms with E-state index in [4.69, 9.17) is 0 Å². The van der Waals surface area contributed by atoms with Gasteiger partial charge in [0.05, 0.1) is 0 Å². The van der Waals surface area contributed by atoms with Crippen molar-refractivity contribution in [2.24, 2.45) is 0 Å². The number of rotatable bonds is 1. The molecule has 3 aromatic carbocycles. The normalized spacial score (nSPS) is 10.8. The molecule has 0 aliphatic rings. The van der Waals surface area contributed by atoms with E-state index in [1.54, 1.807) is 0 Å². The molecule has 18 heavy (non-hydrogen) atoms. The molecule has 0 radical (unpaired) electrons. The average molecular weight is 344 g/mol. The molecule has 0 unspecified atom stereocenters. The lowest BCUT2D eigenvalue weighted by molar-refractivity contribution is 1.45. The number of benzene rings is 3. The van der Waals surface area contributed by atoms with Gasteiger partial charge in [-0.3, -0.25) is 0 Å². The highest BCUT2D eigenvalue weighted by molar-refractivity contribution is 14.1. The molecule has 0 aromatic heterocycles. The number of halogens is 1. The lowest BCUT2D eigenvalue weighted by Gasteiger charge is -2.08. The first-order chi connectivity index (χ1) is 8.74. The van der Waals surface area contributed by atoms with Crippen LogP contribution in [0.4, 0.5) is 0 Å². The maximum atomic E-state index is 2.38.